The average Bonchev–Trinajstić information content (AvgIpc) is 3.68. The SMILES string of the molecule is C=CC(=O)N1CC2(CCN(c3cc(N4CCC(N5CCN(C)CC5)CC4)cc(-c4c(C)ccc5[nH]ncc45)c3C#N)C2)C1. The lowest BCUT2D eigenvalue weighted by molar-refractivity contribution is -0.136. The van der Waals surface area contributed by atoms with Gasteiger partial charge in [0.05, 0.1) is 23.0 Å². The van der Waals surface area contributed by atoms with Crippen LogP contribution in [0.4, 0.5) is 11.4 Å². The van der Waals surface area contributed by atoms with Gasteiger partial charge in [-0.3, -0.25) is 14.8 Å². The molecule has 9 heteroatoms. The number of nitrogens with one attached hydrogen (secondary N) is 1. The zero-order valence-electron chi connectivity index (χ0n) is 25.5. The molecule has 0 saturated carbocycles. The molecule has 0 radical (unpaired) electrons. The van der Waals surface area contributed by atoms with E-state index in [1.54, 1.807) is 0 Å². The number of piperazine rings is 1. The van der Waals surface area contributed by atoms with E-state index >= 15 is 0 Å². The van der Waals surface area contributed by atoms with Crippen LogP contribution in [0.15, 0.2) is 43.1 Å². The number of H-pyrrole nitrogens is 1. The number of amides is 1. The molecule has 4 aliphatic rings. The van der Waals surface area contributed by atoms with Gasteiger partial charge in [0.25, 0.3) is 0 Å². The monoisotopic (exact) mass is 578 g/mol. The van der Waals surface area contributed by atoms with Crippen molar-refractivity contribution >= 4 is 28.2 Å². The topological polar surface area (TPSA) is 85.7 Å². The number of carbonyl (C=O) groups is 1. The molecule has 1 N–H and O–H groups in total. The predicted octanol–water partition coefficient (Wildman–Crippen LogP) is 3.85. The second-order valence-corrected chi connectivity index (χ2v) is 13.2. The fraction of sp³-hybridized carbons (Fsp3) is 0.500. The van der Waals surface area contributed by atoms with Crippen LogP contribution < -0.4 is 9.80 Å². The van der Waals surface area contributed by atoms with Crippen LogP contribution in [0.5, 0.6) is 0 Å². The van der Waals surface area contributed by atoms with Crippen molar-refractivity contribution in [2.24, 2.45) is 5.41 Å². The molecular weight excluding hydrogens is 536 g/mol. The quantitative estimate of drug-likeness (QED) is 0.461. The molecule has 43 heavy (non-hydrogen) atoms. The number of fused-ring (bicyclic) bond motifs is 1. The van der Waals surface area contributed by atoms with Crippen LogP contribution in [0.3, 0.4) is 0 Å². The van der Waals surface area contributed by atoms with Crippen LogP contribution >= 0.6 is 0 Å². The van der Waals surface area contributed by atoms with Crippen molar-refractivity contribution < 1.29 is 4.79 Å². The number of aromatic nitrogens is 2. The van der Waals surface area contributed by atoms with Crippen molar-refractivity contribution in [1.82, 2.24) is 24.9 Å². The highest BCUT2D eigenvalue weighted by atomic mass is 16.2. The number of benzene rings is 2. The van der Waals surface area contributed by atoms with Gasteiger partial charge in [-0.05, 0) is 68.6 Å². The van der Waals surface area contributed by atoms with Crippen molar-refractivity contribution in [1.29, 1.82) is 5.26 Å². The van der Waals surface area contributed by atoms with Crippen LogP contribution in [-0.2, 0) is 4.79 Å². The Morgan fingerprint density at radius 2 is 1.84 bits per heavy atom. The van der Waals surface area contributed by atoms with Crippen LogP contribution in [-0.4, -0.2) is 109 Å². The number of aryl methyl sites for hydroxylation is 1. The molecule has 4 aliphatic heterocycles. The van der Waals surface area contributed by atoms with E-state index in [0.29, 0.717) is 6.04 Å². The zero-order valence-corrected chi connectivity index (χ0v) is 25.5. The van der Waals surface area contributed by atoms with Gasteiger partial charge in [-0.1, -0.05) is 12.6 Å². The Morgan fingerprint density at radius 3 is 2.56 bits per heavy atom. The van der Waals surface area contributed by atoms with Gasteiger partial charge in [0.2, 0.25) is 5.91 Å². The molecule has 1 amide bonds. The molecule has 0 unspecified atom stereocenters. The van der Waals surface area contributed by atoms with Gasteiger partial charge >= 0.3 is 0 Å². The lowest BCUT2D eigenvalue weighted by Crippen LogP contribution is -2.59. The second kappa shape index (κ2) is 11.0. The van der Waals surface area contributed by atoms with E-state index in [0.717, 1.165) is 124 Å². The Bertz CT molecular complexity index is 1580. The first kappa shape index (κ1) is 27.9. The Kier molecular flexibility index (Phi) is 7.15. The highest BCUT2D eigenvalue weighted by molar-refractivity contribution is 5.99. The molecule has 7 rings (SSSR count). The number of rotatable bonds is 5. The van der Waals surface area contributed by atoms with E-state index in [9.17, 15) is 10.1 Å². The van der Waals surface area contributed by atoms with Crippen molar-refractivity contribution in [3.05, 3.63) is 54.2 Å². The van der Waals surface area contributed by atoms with Gasteiger partial charge in [-0.25, -0.2) is 0 Å². The molecule has 224 valence electrons. The van der Waals surface area contributed by atoms with E-state index < -0.39 is 0 Å². The second-order valence-electron chi connectivity index (χ2n) is 13.2. The fourth-order valence-corrected chi connectivity index (χ4v) is 7.97. The summed E-state index contributed by atoms with van der Waals surface area (Å²) in [7, 11) is 2.22. The minimum absolute atomic E-state index is 0.00901. The molecule has 1 spiro atoms. The fourth-order valence-electron chi connectivity index (χ4n) is 7.97. The first-order valence-electron chi connectivity index (χ1n) is 15.7. The summed E-state index contributed by atoms with van der Waals surface area (Å²) in [5, 5.41) is 19.2. The van der Waals surface area contributed by atoms with Gasteiger partial charge < -0.3 is 19.6 Å². The van der Waals surface area contributed by atoms with E-state index in [-0.39, 0.29) is 11.3 Å². The van der Waals surface area contributed by atoms with Gasteiger partial charge in [0.15, 0.2) is 0 Å². The van der Waals surface area contributed by atoms with Gasteiger partial charge in [0, 0.05) is 93.5 Å². The lowest BCUT2D eigenvalue weighted by Gasteiger charge is -2.47. The third-order valence-electron chi connectivity index (χ3n) is 10.5. The van der Waals surface area contributed by atoms with E-state index in [4.69, 9.17) is 0 Å². The zero-order chi connectivity index (χ0) is 29.7. The molecule has 5 heterocycles. The maximum Gasteiger partial charge on any atom is 0.245 e. The summed E-state index contributed by atoms with van der Waals surface area (Å²) in [6.07, 6.45) is 6.63. The number of likely N-dealkylation sites (N-methyl/N-ethyl adjacent to an activating group) is 1. The standard InChI is InChI=1S/C34H42N8O/c1-4-32(43)42-22-34(23-42)9-12-41(21-34)31-18-26(39-10-7-25(8-11-39)40-15-13-38(3)14-16-40)17-27(28(31)19-35)33-24(2)5-6-30-29(33)20-36-37-30/h4-6,17-18,20,25H,1,7-16,21-23H2,2-3H3,(H,36,37). The molecule has 0 aliphatic carbocycles. The molecule has 3 aromatic rings. The first-order chi connectivity index (χ1) is 20.9. The minimum Gasteiger partial charge on any atom is -0.371 e. The summed E-state index contributed by atoms with van der Waals surface area (Å²) in [5.41, 5.74) is 7.20. The smallest absolute Gasteiger partial charge is 0.245 e. The Hall–Kier alpha value is -3.87. The summed E-state index contributed by atoms with van der Waals surface area (Å²) in [4.78, 5) is 24.1. The Morgan fingerprint density at radius 1 is 1.07 bits per heavy atom. The highest BCUT2D eigenvalue weighted by Crippen LogP contribution is 2.46. The van der Waals surface area contributed by atoms with Crippen molar-refractivity contribution in [2.75, 3.05) is 82.3 Å². The predicted molar refractivity (Wildman–Crippen MR) is 171 cm³/mol. The molecule has 1 aromatic heterocycles. The van der Waals surface area contributed by atoms with E-state index in [2.05, 4.69) is 80.7 Å². The van der Waals surface area contributed by atoms with Crippen molar-refractivity contribution in [3.63, 3.8) is 0 Å². The third kappa shape index (κ3) is 4.96. The molecule has 9 nitrogen and oxygen atoms in total. The molecular formula is C34H42N8O. The number of aromatic amines is 1. The first-order valence-corrected chi connectivity index (χ1v) is 15.7. The van der Waals surface area contributed by atoms with Gasteiger partial charge in [0.1, 0.15) is 6.07 Å². The normalized spacial score (nSPS) is 21.4. The van der Waals surface area contributed by atoms with Crippen LogP contribution in [0.25, 0.3) is 22.0 Å². The molecule has 0 bridgehead atoms. The van der Waals surface area contributed by atoms with Crippen LogP contribution in [0.2, 0.25) is 0 Å². The average molecular weight is 579 g/mol. The number of carbonyl (C=O) groups excluding carboxylic acids is 1. The summed E-state index contributed by atoms with van der Waals surface area (Å²) in [5.74, 6) is 0.00901. The molecule has 4 saturated heterocycles. The number of hydrogen-bond donors (Lipinski definition) is 1. The van der Waals surface area contributed by atoms with Crippen molar-refractivity contribution in [3.8, 4) is 17.2 Å². The van der Waals surface area contributed by atoms with Crippen LogP contribution in [0, 0.1) is 23.7 Å². The van der Waals surface area contributed by atoms with Crippen molar-refractivity contribution in [2.45, 2.75) is 32.2 Å². The number of nitrogens with zero attached hydrogens (tertiary/aromatic N) is 7. The highest BCUT2D eigenvalue weighted by Gasteiger charge is 2.49. The summed E-state index contributed by atoms with van der Waals surface area (Å²) >= 11 is 0. The third-order valence-corrected chi connectivity index (χ3v) is 10.5. The molecule has 4 fully saturated rings. The Balaban J connectivity index is 1.23. The molecule has 0 atom stereocenters. The van der Waals surface area contributed by atoms with E-state index in [1.165, 1.54) is 11.8 Å². The minimum atomic E-state index is 0.00901. The largest absolute Gasteiger partial charge is 0.371 e. The lowest BCUT2D eigenvalue weighted by atomic mass is 9.79. The van der Waals surface area contributed by atoms with Gasteiger partial charge in [-0.15, -0.1) is 0 Å². The number of hydrogen-bond acceptors (Lipinski definition) is 7. The number of nitriles is 1. The molecule has 2 aromatic carbocycles. The van der Waals surface area contributed by atoms with Gasteiger partial charge in [-0.2, -0.15) is 10.4 Å². The number of piperidine rings is 1. The maximum absolute atomic E-state index is 12.2. The summed E-state index contributed by atoms with van der Waals surface area (Å²) in [6.45, 7) is 15.7. The number of likely N-dealkylation sites (tertiary alicyclic amines) is 1. The maximum atomic E-state index is 12.2. The number of anilines is 2. The van der Waals surface area contributed by atoms with E-state index in [1.807, 2.05) is 11.1 Å². The summed E-state index contributed by atoms with van der Waals surface area (Å²) < 4.78 is 0. The van der Waals surface area contributed by atoms with Crippen LogP contribution in [0.1, 0.15) is 30.4 Å². The summed E-state index contributed by atoms with van der Waals surface area (Å²) in [6, 6.07) is 12.0. The Labute approximate surface area is 254 Å².